The topological polar surface area (TPSA) is 134 Å². The van der Waals surface area contributed by atoms with Gasteiger partial charge < -0.3 is 15.0 Å². The number of rotatable bonds is 7. The van der Waals surface area contributed by atoms with E-state index in [-0.39, 0.29) is 35.8 Å². The molecule has 1 aromatic rings. The molecule has 0 radical (unpaired) electrons. The number of aromatic nitrogens is 2. The summed E-state index contributed by atoms with van der Waals surface area (Å²) in [4.78, 5) is 51.0. The van der Waals surface area contributed by atoms with E-state index in [0.717, 1.165) is 25.7 Å². The van der Waals surface area contributed by atoms with Crippen molar-refractivity contribution in [3.05, 3.63) is 33.1 Å². The van der Waals surface area contributed by atoms with Crippen molar-refractivity contribution >= 4 is 11.9 Å². The van der Waals surface area contributed by atoms with Gasteiger partial charge in [-0.2, -0.15) is 13.2 Å². The first-order valence-corrected chi connectivity index (χ1v) is 14.9. The molecule has 0 bridgehead atoms. The molecule has 3 aliphatic carbocycles. The van der Waals surface area contributed by atoms with Crippen LogP contribution in [0.3, 0.4) is 0 Å². The number of aliphatic carboxylic acids is 1. The standard InChI is InChI=1S/C28H38F5N5O5/c1-37-9-8-21(39)38(27(37)43)19-7-3-5-14-13(4-2-6-15(14)19)10-18(26(41)42)35-25(40)22-16(29)11-17-24(23(22)30)36-20(34-17)12-28(31,32)33/h8-9,13-20,22-24,34,36H,2-7,10-12H2,1H3,(H,35,40)(H,41,42)/t13?,14?,15?,16?,17?,18-,19?,20?,22?,23?,24?/m0/s1. The van der Waals surface area contributed by atoms with Crippen LogP contribution in [-0.2, 0) is 16.6 Å². The van der Waals surface area contributed by atoms with Crippen LogP contribution in [0.25, 0.3) is 0 Å². The number of hydrogen-bond acceptors (Lipinski definition) is 6. The zero-order valence-corrected chi connectivity index (χ0v) is 23.7. The van der Waals surface area contributed by atoms with Gasteiger partial charge in [-0.15, -0.1) is 0 Å². The quantitative estimate of drug-likeness (QED) is 0.344. The molecule has 4 aliphatic rings. The van der Waals surface area contributed by atoms with Crippen LogP contribution < -0.4 is 27.2 Å². The van der Waals surface area contributed by atoms with Crippen LogP contribution in [0, 0.1) is 23.7 Å². The molecule has 11 atom stereocenters. The molecule has 1 aromatic heterocycles. The van der Waals surface area contributed by atoms with Crippen LogP contribution in [0.2, 0.25) is 0 Å². The maximum absolute atomic E-state index is 15.5. The number of amides is 1. The van der Waals surface area contributed by atoms with Gasteiger partial charge in [0.15, 0.2) is 0 Å². The lowest BCUT2D eigenvalue weighted by Gasteiger charge is -2.46. The van der Waals surface area contributed by atoms with Crippen molar-refractivity contribution in [2.24, 2.45) is 30.7 Å². The van der Waals surface area contributed by atoms with E-state index in [1.54, 1.807) is 7.05 Å². The first kappa shape index (κ1) is 31.6. The molecule has 4 N–H and O–H groups in total. The second-order valence-corrected chi connectivity index (χ2v) is 12.6. The van der Waals surface area contributed by atoms with E-state index in [9.17, 15) is 37.5 Å². The maximum atomic E-state index is 15.5. The minimum absolute atomic E-state index is 0.0107. The number of halogens is 5. The average molecular weight is 620 g/mol. The summed E-state index contributed by atoms with van der Waals surface area (Å²) in [5, 5.41) is 17.4. The lowest BCUT2D eigenvalue weighted by Crippen LogP contribution is -2.59. The fourth-order valence-corrected chi connectivity index (χ4v) is 8.15. The molecule has 1 amide bonds. The molecule has 0 spiro atoms. The Morgan fingerprint density at radius 3 is 2.49 bits per heavy atom. The van der Waals surface area contributed by atoms with Crippen molar-refractivity contribution in [2.45, 2.75) is 107 Å². The fraction of sp³-hybridized carbons (Fsp3) is 0.786. The average Bonchev–Trinajstić information content (AvgIpc) is 3.31. The number of alkyl halides is 5. The second-order valence-electron chi connectivity index (χ2n) is 12.6. The third-order valence-electron chi connectivity index (χ3n) is 10.0. The van der Waals surface area contributed by atoms with Crippen molar-refractivity contribution in [1.29, 1.82) is 0 Å². The van der Waals surface area contributed by atoms with Crippen LogP contribution in [-0.4, -0.2) is 68.9 Å². The predicted octanol–water partition coefficient (Wildman–Crippen LogP) is 2.17. The van der Waals surface area contributed by atoms with Crippen LogP contribution >= 0.6 is 0 Å². The van der Waals surface area contributed by atoms with Crippen LogP contribution in [0.5, 0.6) is 0 Å². The van der Waals surface area contributed by atoms with Crippen LogP contribution in [0.4, 0.5) is 22.0 Å². The molecule has 0 aromatic carbocycles. The molecule has 1 aliphatic heterocycles. The number of hydrogen-bond donors (Lipinski definition) is 4. The van der Waals surface area contributed by atoms with E-state index >= 15 is 8.78 Å². The summed E-state index contributed by atoms with van der Waals surface area (Å²) in [7, 11) is 1.57. The fourth-order valence-electron chi connectivity index (χ4n) is 8.15. The molecule has 3 saturated carbocycles. The highest BCUT2D eigenvalue weighted by molar-refractivity contribution is 5.86. The van der Waals surface area contributed by atoms with E-state index in [1.807, 2.05) is 0 Å². The second kappa shape index (κ2) is 12.3. The summed E-state index contributed by atoms with van der Waals surface area (Å²) < 4.78 is 71.7. The molecule has 2 heterocycles. The summed E-state index contributed by atoms with van der Waals surface area (Å²) in [6, 6.07) is -2.60. The predicted molar refractivity (Wildman–Crippen MR) is 144 cm³/mol. The van der Waals surface area contributed by atoms with Gasteiger partial charge >= 0.3 is 17.8 Å². The van der Waals surface area contributed by atoms with Gasteiger partial charge in [-0.25, -0.2) is 18.4 Å². The number of fused-ring (bicyclic) bond motifs is 2. The highest BCUT2D eigenvalue weighted by atomic mass is 19.4. The summed E-state index contributed by atoms with van der Waals surface area (Å²) in [5.41, 5.74) is -0.802. The lowest BCUT2D eigenvalue weighted by molar-refractivity contribution is -0.145. The van der Waals surface area contributed by atoms with Crippen molar-refractivity contribution in [2.75, 3.05) is 0 Å². The van der Waals surface area contributed by atoms with Gasteiger partial charge in [0.25, 0.3) is 5.56 Å². The molecule has 240 valence electrons. The van der Waals surface area contributed by atoms with Crippen molar-refractivity contribution in [3.8, 4) is 0 Å². The molecule has 10 nitrogen and oxygen atoms in total. The highest BCUT2D eigenvalue weighted by Crippen LogP contribution is 2.49. The molecular weight excluding hydrogens is 581 g/mol. The zero-order valence-electron chi connectivity index (χ0n) is 23.7. The minimum atomic E-state index is -4.53. The molecule has 4 fully saturated rings. The van der Waals surface area contributed by atoms with Gasteiger partial charge in [0.1, 0.15) is 24.3 Å². The monoisotopic (exact) mass is 619 g/mol. The van der Waals surface area contributed by atoms with Crippen LogP contribution in [0.15, 0.2) is 21.9 Å². The van der Waals surface area contributed by atoms with E-state index in [4.69, 9.17) is 0 Å². The first-order valence-electron chi connectivity index (χ1n) is 14.9. The van der Waals surface area contributed by atoms with Gasteiger partial charge in [-0.05, 0) is 49.9 Å². The molecule has 5 rings (SSSR count). The first-order chi connectivity index (χ1) is 20.2. The number of carboxylic acid groups (broad SMARTS) is 1. The van der Waals surface area contributed by atoms with Gasteiger partial charge in [-0.3, -0.25) is 24.8 Å². The lowest BCUT2D eigenvalue weighted by atomic mass is 9.62. The maximum Gasteiger partial charge on any atom is 0.391 e. The molecular formula is C28H38F5N5O5. The van der Waals surface area contributed by atoms with E-state index in [2.05, 4.69) is 16.0 Å². The van der Waals surface area contributed by atoms with Gasteiger partial charge in [0.05, 0.1) is 18.6 Å². The number of aryl methyl sites for hydroxylation is 1. The molecule has 1 saturated heterocycles. The summed E-state index contributed by atoms with van der Waals surface area (Å²) in [6.45, 7) is 0. The summed E-state index contributed by atoms with van der Waals surface area (Å²) in [6.07, 6.45) is -6.02. The van der Waals surface area contributed by atoms with E-state index < -0.39 is 79.1 Å². The van der Waals surface area contributed by atoms with Gasteiger partial charge in [-0.1, -0.05) is 19.3 Å². The Morgan fingerprint density at radius 2 is 1.79 bits per heavy atom. The Kier molecular flexibility index (Phi) is 9.04. The number of carbonyl (C=O) groups is 2. The van der Waals surface area contributed by atoms with Gasteiger partial charge in [0.2, 0.25) is 5.91 Å². The Hall–Kier alpha value is -2.81. The number of nitrogens with one attached hydrogen (secondary N) is 3. The molecule has 43 heavy (non-hydrogen) atoms. The Bertz CT molecular complexity index is 1320. The SMILES string of the molecule is Cn1ccc(=O)n(C2CCCC3C(C[C@H](NC(=O)C4C(F)CC5NC(CC(F)(F)F)NC5C4F)C(=O)O)CCCC32)c1=O. The highest BCUT2D eigenvalue weighted by Gasteiger charge is 2.54. The summed E-state index contributed by atoms with van der Waals surface area (Å²) in [5.74, 6) is -4.59. The largest absolute Gasteiger partial charge is 0.480 e. The van der Waals surface area contributed by atoms with Crippen molar-refractivity contribution < 1.29 is 36.6 Å². The Morgan fingerprint density at radius 1 is 1.09 bits per heavy atom. The zero-order chi connectivity index (χ0) is 31.2. The molecule has 10 unspecified atom stereocenters. The van der Waals surface area contributed by atoms with Crippen molar-refractivity contribution in [3.63, 3.8) is 0 Å². The van der Waals surface area contributed by atoms with Crippen LogP contribution in [0.1, 0.15) is 63.8 Å². The number of carbonyl (C=O) groups excluding carboxylic acids is 1. The smallest absolute Gasteiger partial charge is 0.391 e. The minimum Gasteiger partial charge on any atom is -0.480 e. The third kappa shape index (κ3) is 6.52. The van der Waals surface area contributed by atoms with Crippen molar-refractivity contribution in [1.82, 2.24) is 25.1 Å². The summed E-state index contributed by atoms with van der Waals surface area (Å²) >= 11 is 0. The van der Waals surface area contributed by atoms with E-state index in [0.29, 0.717) is 12.8 Å². The number of carboxylic acids is 1. The van der Waals surface area contributed by atoms with Gasteiger partial charge in [0, 0.05) is 31.4 Å². The Labute approximate surface area is 244 Å². The number of nitrogens with zero attached hydrogens (tertiary/aromatic N) is 2. The molecule has 15 heteroatoms. The third-order valence-corrected chi connectivity index (χ3v) is 10.0. The Balaban J connectivity index is 1.28. The van der Waals surface area contributed by atoms with E-state index in [1.165, 1.54) is 21.4 Å². The normalized spacial score (nSPS) is 36.8.